The number of rotatable bonds is 6. The van der Waals surface area contributed by atoms with E-state index >= 15 is 0 Å². The van der Waals surface area contributed by atoms with Crippen molar-refractivity contribution in [1.82, 2.24) is 5.32 Å². The van der Waals surface area contributed by atoms with Crippen LogP contribution in [-0.2, 0) is 0 Å². The van der Waals surface area contributed by atoms with Crippen molar-refractivity contribution in [1.29, 1.82) is 0 Å². The molecular weight excluding hydrogens is 277 g/mol. The maximum atomic E-state index is 6.08. The number of hydrogen-bond donors (Lipinski definition) is 1. The second kappa shape index (κ2) is 7.33. The Morgan fingerprint density at radius 3 is 2.74 bits per heavy atom. The summed E-state index contributed by atoms with van der Waals surface area (Å²) in [4.78, 5) is 0. The maximum Gasteiger partial charge on any atom is 0.0595 e. The van der Waals surface area contributed by atoms with Crippen molar-refractivity contribution >= 4 is 23.2 Å². The van der Waals surface area contributed by atoms with Crippen molar-refractivity contribution in [2.45, 2.75) is 45.1 Å². The predicted molar refractivity (Wildman–Crippen MR) is 84.0 cm³/mol. The molecule has 1 N–H and O–H groups in total. The van der Waals surface area contributed by atoms with E-state index in [9.17, 15) is 0 Å². The zero-order valence-electron chi connectivity index (χ0n) is 11.4. The van der Waals surface area contributed by atoms with E-state index < -0.39 is 0 Å². The summed E-state index contributed by atoms with van der Waals surface area (Å²) in [6, 6.07) is 6.27. The summed E-state index contributed by atoms with van der Waals surface area (Å²) in [5.41, 5.74) is 2.83. The number of benzene rings is 1. The lowest BCUT2D eigenvalue weighted by Crippen LogP contribution is -2.22. The molecule has 1 aliphatic carbocycles. The molecule has 0 aromatic heterocycles. The van der Waals surface area contributed by atoms with Gasteiger partial charge in [0.05, 0.1) is 10.0 Å². The van der Waals surface area contributed by atoms with Crippen LogP contribution in [0.2, 0.25) is 10.0 Å². The minimum absolute atomic E-state index is 0.358. The molecule has 3 heteroatoms. The molecule has 0 heterocycles. The van der Waals surface area contributed by atoms with Gasteiger partial charge in [-0.25, -0.2) is 0 Å². The third-order valence-corrected chi connectivity index (χ3v) is 4.47. The highest BCUT2D eigenvalue weighted by Gasteiger charge is 2.11. The Morgan fingerprint density at radius 1 is 1.26 bits per heavy atom. The van der Waals surface area contributed by atoms with Gasteiger partial charge < -0.3 is 5.32 Å². The molecule has 0 saturated carbocycles. The highest BCUT2D eigenvalue weighted by atomic mass is 35.5. The van der Waals surface area contributed by atoms with E-state index in [1.807, 2.05) is 12.1 Å². The van der Waals surface area contributed by atoms with Gasteiger partial charge >= 0.3 is 0 Å². The molecule has 1 aromatic rings. The van der Waals surface area contributed by atoms with Crippen LogP contribution >= 0.6 is 23.2 Å². The molecule has 1 aromatic carbocycles. The van der Waals surface area contributed by atoms with Crippen LogP contribution in [0.25, 0.3) is 0 Å². The van der Waals surface area contributed by atoms with Crippen molar-refractivity contribution in [2.24, 2.45) is 0 Å². The number of halogens is 2. The fourth-order valence-electron chi connectivity index (χ4n) is 2.60. The summed E-state index contributed by atoms with van der Waals surface area (Å²) >= 11 is 12.0. The summed E-state index contributed by atoms with van der Waals surface area (Å²) in [6.07, 6.45) is 8.49. The van der Waals surface area contributed by atoms with Gasteiger partial charge in [-0.3, -0.25) is 0 Å². The first-order valence-corrected chi connectivity index (χ1v) is 7.82. The molecular formula is C16H21Cl2N. The average molecular weight is 298 g/mol. The smallest absolute Gasteiger partial charge is 0.0595 e. The highest BCUT2D eigenvalue weighted by Crippen LogP contribution is 2.27. The lowest BCUT2D eigenvalue weighted by Gasteiger charge is -2.18. The van der Waals surface area contributed by atoms with E-state index in [-0.39, 0.29) is 0 Å². The van der Waals surface area contributed by atoms with Gasteiger partial charge in [-0.15, -0.1) is 0 Å². The predicted octanol–water partition coefficient (Wildman–Crippen LogP) is 5.53. The minimum Gasteiger partial charge on any atom is -0.310 e. The highest BCUT2D eigenvalue weighted by molar-refractivity contribution is 6.42. The van der Waals surface area contributed by atoms with E-state index in [0.29, 0.717) is 16.1 Å². The third kappa shape index (κ3) is 4.24. The zero-order chi connectivity index (χ0) is 13.7. The lowest BCUT2D eigenvalue weighted by atomic mass is 10.0. The molecule has 2 rings (SSSR count). The summed E-state index contributed by atoms with van der Waals surface area (Å²) in [5.74, 6) is 0. The molecule has 0 fully saturated rings. The van der Waals surface area contributed by atoms with Gasteiger partial charge in [-0.1, -0.05) is 47.8 Å². The molecule has 0 bridgehead atoms. The second-order valence-electron chi connectivity index (χ2n) is 5.09. The second-order valence-corrected chi connectivity index (χ2v) is 5.91. The molecule has 1 atom stereocenters. The van der Waals surface area contributed by atoms with Crippen LogP contribution < -0.4 is 5.32 Å². The van der Waals surface area contributed by atoms with Crippen LogP contribution in [0, 0.1) is 0 Å². The molecule has 0 radical (unpaired) electrons. The van der Waals surface area contributed by atoms with Gasteiger partial charge in [0.1, 0.15) is 0 Å². The molecule has 104 valence electrons. The largest absolute Gasteiger partial charge is 0.310 e. The Labute approximate surface area is 126 Å². The van der Waals surface area contributed by atoms with Crippen molar-refractivity contribution < 1.29 is 0 Å². The van der Waals surface area contributed by atoms with E-state index in [0.717, 1.165) is 19.4 Å². The quantitative estimate of drug-likeness (QED) is 0.680. The Hall–Kier alpha value is -0.500. The summed E-state index contributed by atoms with van der Waals surface area (Å²) in [7, 11) is 0. The van der Waals surface area contributed by atoms with Crippen molar-refractivity contribution in [3.8, 4) is 0 Å². The van der Waals surface area contributed by atoms with Gasteiger partial charge in [0.15, 0.2) is 0 Å². The number of hydrogen-bond acceptors (Lipinski definition) is 1. The Bertz CT molecular complexity index is 454. The van der Waals surface area contributed by atoms with E-state index in [4.69, 9.17) is 23.2 Å². The summed E-state index contributed by atoms with van der Waals surface area (Å²) < 4.78 is 0. The van der Waals surface area contributed by atoms with Crippen molar-refractivity contribution in [2.75, 3.05) is 6.54 Å². The van der Waals surface area contributed by atoms with Gasteiger partial charge in [-0.05, 0) is 56.3 Å². The minimum atomic E-state index is 0.358. The Morgan fingerprint density at radius 2 is 2.11 bits per heavy atom. The van der Waals surface area contributed by atoms with Gasteiger partial charge in [0, 0.05) is 6.04 Å². The van der Waals surface area contributed by atoms with Crippen LogP contribution in [0.15, 0.2) is 29.8 Å². The molecule has 0 saturated heterocycles. The fourth-order valence-corrected chi connectivity index (χ4v) is 2.90. The standard InChI is InChI=1S/C16H21Cl2N/c1-2-16(13-7-8-14(17)15(18)11-13)19-10-9-12-5-3-4-6-12/h5,7-8,11,16,19H,2-4,6,9-10H2,1H3. The molecule has 1 unspecified atom stereocenters. The van der Waals surface area contributed by atoms with Gasteiger partial charge in [0.2, 0.25) is 0 Å². The molecule has 1 aliphatic rings. The molecule has 1 nitrogen and oxygen atoms in total. The van der Waals surface area contributed by atoms with Crippen molar-refractivity contribution in [3.05, 3.63) is 45.5 Å². The topological polar surface area (TPSA) is 12.0 Å². The van der Waals surface area contributed by atoms with Crippen LogP contribution in [0.5, 0.6) is 0 Å². The SMILES string of the molecule is CCC(NCCC1=CCCC1)c1ccc(Cl)c(Cl)c1. The van der Waals surface area contributed by atoms with Crippen LogP contribution in [-0.4, -0.2) is 6.54 Å². The molecule has 0 aliphatic heterocycles. The monoisotopic (exact) mass is 297 g/mol. The van der Waals surface area contributed by atoms with Crippen LogP contribution in [0.3, 0.4) is 0 Å². The average Bonchev–Trinajstić information content (AvgIpc) is 2.91. The van der Waals surface area contributed by atoms with Gasteiger partial charge in [-0.2, -0.15) is 0 Å². The van der Waals surface area contributed by atoms with E-state index in [1.54, 1.807) is 5.57 Å². The van der Waals surface area contributed by atoms with Crippen molar-refractivity contribution in [3.63, 3.8) is 0 Å². The molecule has 19 heavy (non-hydrogen) atoms. The normalized spacial score (nSPS) is 16.5. The lowest BCUT2D eigenvalue weighted by molar-refractivity contribution is 0.520. The summed E-state index contributed by atoms with van der Waals surface area (Å²) in [6.45, 7) is 3.22. The molecule has 0 amide bonds. The third-order valence-electron chi connectivity index (χ3n) is 3.73. The van der Waals surface area contributed by atoms with E-state index in [1.165, 1.54) is 24.8 Å². The summed E-state index contributed by atoms with van der Waals surface area (Å²) in [5, 5.41) is 4.88. The first-order chi connectivity index (χ1) is 9.20. The number of allylic oxidation sites excluding steroid dienone is 1. The van der Waals surface area contributed by atoms with Crippen LogP contribution in [0.4, 0.5) is 0 Å². The first kappa shape index (κ1) is 14.9. The molecule has 0 spiro atoms. The van der Waals surface area contributed by atoms with Gasteiger partial charge in [0.25, 0.3) is 0 Å². The fraction of sp³-hybridized carbons (Fsp3) is 0.500. The first-order valence-electron chi connectivity index (χ1n) is 7.07. The van der Waals surface area contributed by atoms with E-state index in [2.05, 4.69) is 24.4 Å². The Balaban J connectivity index is 1.89. The number of nitrogens with one attached hydrogen (secondary N) is 1. The zero-order valence-corrected chi connectivity index (χ0v) is 12.9. The van der Waals surface area contributed by atoms with Crippen LogP contribution in [0.1, 0.15) is 50.6 Å². The Kier molecular flexibility index (Phi) is 5.75. The maximum absolute atomic E-state index is 6.08.